The number of anilines is 1. The van der Waals surface area contributed by atoms with Crippen molar-refractivity contribution in [3.63, 3.8) is 0 Å². The molecule has 1 aliphatic rings. The first-order valence-electron chi connectivity index (χ1n) is 6.06. The Bertz CT molecular complexity index is 354. The van der Waals surface area contributed by atoms with E-state index in [0.29, 0.717) is 6.54 Å². The van der Waals surface area contributed by atoms with Crippen molar-refractivity contribution in [1.82, 2.24) is 9.97 Å². The van der Waals surface area contributed by atoms with Crippen LogP contribution in [0.15, 0.2) is 6.33 Å². The molecule has 1 aromatic rings. The molecular formula is C12H19N3O. The monoisotopic (exact) mass is 221 g/mol. The molecule has 0 spiro atoms. The highest BCUT2D eigenvalue weighted by molar-refractivity contribution is 5.47. The molecule has 0 saturated heterocycles. The van der Waals surface area contributed by atoms with Gasteiger partial charge in [-0.2, -0.15) is 0 Å². The Morgan fingerprint density at radius 3 is 3.12 bits per heavy atom. The molecule has 0 saturated carbocycles. The SMILES string of the molecule is CCCC(O)CNc1ncnc2c1CCC2. The minimum absolute atomic E-state index is 0.281. The van der Waals surface area contributed by atoms with E-state index in [1.54, 1.807) is 6.33 Å². The average molecular weight is 221 g/mol. The highest BCUT2D eigenvalue weighted by Crippen LogP contribution is 2.24. The van der Waals surface area contributed by atoms with Crippen molar-refractivity contribution in [2.75, 3.05) is 11.9 Å². The maximum Gasteiger partial charge on any atom is 0.132 e. The number of rotatable bonds is 5. The number of aryl methyl sites for hydroxylation is 1. The fourth-order valence-corrected chi connectivity index (χ4v) is 2.16. The highest BCUT2D eigenvalue weighted by Gasteiger charge is 2.17. The minimum Gasteiger partial charge on any atom is -0.391 e. The van der Waals surface area contributed by atoms with E-state index in [1.807, 2.05) is 0 Å². The highest BCUT2D eigenvalue weighted by atomic mass is 16.3. The molecule has 0 radical (unpaired) electrons. The lowest BCUT2D eigenvalue weighted by Crippen LogP contribution is -2.20. The molecule has 1 heterocycles. The van der Waals surface area contributed by atoms with Crippen molar-refractivity contribution in [1.29, 1.82) is 0 Å². The van der Waals surface area contributed by atoms with Gasteiger partial charge in [0.25, 0.3) is 0 Å². The van der Waals surface area contributed by atoms with Gasteiger partial charge in [0.1, 0.15) is 12.1 Å². The van der Waals surface area contributed by atoms with Crippen LogP contribution in [0.3, 0.4) is 0 Å². The maximum absolute atomic E-state index is 9.65. The Balaban J connectivity index is 1.97. The van der Waals surface area contributed by atoms with Gasteiger partial charge in [-0.3, -0.25) is 0 Å². The number of nitrogens with zero attached hydrogens (tertiary/aromatic N) is 2. The summed E-state index contributed by atoms with van der Waals surface area (Å²) >= 11 is 0. The van der Waals surface area contributed by atoms with Crippen molar-refractivity contribution >= 4 is 5.82 Å². The van der Waals surface area contributed by atoms with Gasteiger partial charge in [-0.15, -0.1) is 0 Å². The molecule has 4 nitrogen and oxygen atoms in total. The zero-order chi connectivity index (χ0) is 11.4. The predicted molar refractivity (Wildman–Crippen MR) is 63.5 cm³/mol. The lowest BCUT2D eigenvalue weighted by atomic mass is 10.2. The summed E-state index contributed by atoms with van der Waals surface area (Å²) in [5.74, 6) is 0.914. The van der Waals surface area contributed by atoms with E-state index in [4.69, 9.17) is 0 Å². The first kappa shape index (κ1) is 11.3. The van der Waals surface area contributed by atoms with Crippen LogP contribution in [-0.4, -0.2) is 27.7 Å². The first-order chi connectivity index (χ1) is 7.81. The standard InChI is InChI=1S/C12H19N3O/c1-2-4-9(16)7-13-12-10-5-3-6-11(10)14-8-15-12/h8-9,16H,2-7H2,1H3,(H,13,14,15). The normalized spacial score (nSPS) is 15.9. The summed E-state index contributed by atoms with van der Waals surface area (Å²) in [6.07, 6.45) is 6.45. The molecule has 1 atom stereocenters. The topological polar surface area (TPSA) is 58.0 Å². The van der Waals surface area contributed by atoms with Gasteiger partial charge >= 0.3 is 0 Å². The van der Waals surface area contributed by atoms with E-state index < -0.39 is 0 Å². The van der Waals surface area contributed by atoms with Crippen molar-refractivity contribution in [2.24, 2.45) is 0 Å². The molecule has 1 unspecified atom stereocenters. The number of aliphatic hydroxyl groups is 1. The summed E-state index contributed by atoms with van der Waals surface area (Å²) in [4.78, 5) is 8.52. The van der Waals surface area contributed by atoms with Crippen molar-refractivity contribution < 1.29 is 5.11 Å². The third-order valence-electron chi connectivity index (χ3n) is 3.00. The number of aromatic nitrogens is 2. The fraction of sp³-hybridized carbons (Fsp3) is 0.667. The quantitative estimate of drug-likeness (QED) is 0.792. The van der Waals surface area contributed by atoms with Crippen LogP contribution in [0.5, 0.6) is 0 Å². The van der Waals surface area contributed by atoms with Crippen LogP contribution in [0, 0.1) is 0 Å². The van der Waals surface area contributed by atoms with Gasteiger partial charge in [-0.25, -0.2) is 9.97 Å². The van der Waals surface area contributed by atoms with E-state index in [-0.39, 0.29) is 6.10 Å². The van der Waals surface area contributed by atoms with E-state index in [0.717, 1.165) is 31.5 Å². The van der Waals surface area contributed by atoms with Gasteiger partial charge in [-0.05, 0) is 25.7 Å². The Morgan fingerprint density at radius 2 is 2.31 bits per heavy atom. The van der Waals surface area contributed by atoms with Gasteiger partial charge in [0, 0.05) is 17.8 Å². The average Bonchev–Trinajstić information content (AvgIpc) is 2.75. The van der Waals surface area contributed by atoms with Crippen molar-refractivity contribution in [3.05, 3.63) is 17.6 Å². The lowest BCUT2D eigenvalue weighted by Gasteiger charge is -2.13. The third kappa shape index (κ3) is 2.50. The smallest absolute Gasteiger partial charge is 0.132 e. The number of nitrogens with one attached hydrogen (secondary N) is 1. The molecule has 0 amide bonds. The molecular weight excluding hydrogens is 202 g/mol. The molecule has 1 aliphatic carbocycles. The van der Waals surface area contributed by atoms with Crippen LogP contribution in [0.2, 0.25) is 0 Å². The van der Waals surface area contributed by atoms with Crippen LogP contribution in [-0.2, 0) is 12.8 Å². The number of hydrogen-bond acceptors (Lipinski definition) is 4. The Labute approximate surface area is 96.1 Å². The molecule has 0 fully saturated rings. The van der Waals surface area contributed by atoms with Crippen LogP contribution < -0.4 is 5.32 Å². The fourth-order valence-electron chi connectivity index (χ4n) is 2.16. The van der Waals surface area contributed by atoms with E-state index in [1.165, 1.54) is 17.7 Å². The second-order valence-electron chi connectivity index (χ2n) is 4.32. The molecule has 0 aliphatic heterocycles. The van der Waals surface area contributed by atoms with Gasteiger partial charge in [0.15, 0.2) is 0 Å². The number of aliphatic hydroxyl groups excluding tert-OH is 1. The Kier molecular flexibility index (Phi) is 3.72. The predicted octanol–water partition coefficient (Wildman–Crippen LogP) is 1.54. The van der Waals surface area contributed by atoms with E-state index in [2.05, 4.69) is 22.2 Å². The zero-order valence-electron chi connectivity index (χ0n) is 9.74. The number of fused-ring (bicyclic) bond motifs is 1. The Hall–Kier alpha value is -1.16. The van der Waals surface area contributed by atoms with E-state index >= 15 is 0 Å². The first-order valence-corrected chi connectivity index (χ1v) is 6.06. The van der Waals surface area contributed by atoms with Crippen LogP contribution >= 0.6 is 0 Å². The lowest BCUT2D eigenvalue weighted by molar-refractivity contribution is 0.176. The molecule has 0 aromatic carbocycles. The summed E-state index contributed by atoms with van der Waals surface area (Å²) in [6, 6.07) is 0. The molecule has 16 heavy (non-hydrogen) atoms. The molecule has 88 valence electrons. The number of hydrogen-bond donors (Lipinski definition) is 2. The largest absolute Gasteiger partial charge is 0.391 e. The summed E-state index contributed by atoms with van der Waals surface area (Å²) in [5, 5.41) is 12.9. The van der Waals surface area contributed by atoms with Gasteiger partial charge in [0.2, 0.25) is 0 Å². The molecule has 4 heteroatoms. The molecule has 2 rings (SSSR count). The van der Waals surface area contributed by atoms with Crippen LogP contribution in [0.25, 0.3) is 0 Å². The van der Waals surface area contributed by atoms with Crippen molar-refractivity contribution in [2.45, 2.75) is 45.1 Å². The van der Waals surface area contributed by atoms with Crippen molar-refractivity contribution in [3.8, 4) is 0 Å². The van der Waals surface area contributed by atoms with Gasteiger partial charge < -0.3 is 10.4 Å². The van der Waals surface area contributed by atoms with Crippen LogP contribution in [0.4, 0.5) is 5.82 Å². The molecule has 0 bridgehead atoms. The molecule has 2 N–H and O–H groups in total. The summed E-state index contributed by atoms with van der Waals surface area (Å²) in [6.45, 7) is 2.66. The van der Waals surface area contributed by atoms with E-state index in [9.17, 15) is 5.11 Å². The van der Waals surface area contributed by atoms with Gasteiger partial charge in [-0.1, -0.05) is 13.3 Å². The van der Waals surface area contributed by atoms with Gasteiger partial charge in [0.05, 0.1) is 6.10 Å². The minimum atomic E-state index is -0.281. The molecule has 1 aromatic heterocycles. The summed E-state index contributed by atoms with van der Waals surface area (Å²) in [7, 11) is 0. The Morgan fingerprint density at radius 1 is 1.44 bits per heavy atom. The summed E-state index contributed by atoms with van der Waals surface area (Å²) in [5.41, 5.74) is 2.41. The second kappa shape index (κ2) is 5.25. The summed E-state index contributed by atoms with van der Waals surface area (Å²) < 4.78 is 0. The zero-order valence-corrected chi connectivity index (χ0v) is 9.74. The second-order valence-corrected chi connectivity index (χ2v) is 4.32. The third-order valence-corrected chi connectivity index (χ3v) is 3.00. The maximum atomic E-state index is 9.65. The van der Waals surface area contributed by atoms with Crippen LogP contribution in [0.1, 0.15) is 37.4 Å².